The summed E-state index contributed by atoms with van der Waals surface area (Å²) in [5, 5.41) is 12.6. The van der Waals surface area contributed by atoms with Crippen LogP contribution in [0.1, 0.15) is 12.8 Å². The van der Waals surface area contributed by atoms with E-state index in [-0.39, 0.29) is 24.3 Å². The number of anilines is 1. The molecule has 2 amide bonds. The normalized spacial score (nSPS) is 18.9. The van der Waals surface area contributed by atoms with Crippen LogP contribution in [0, 0.1) is 5.92 Å². The highest BCUT2D eigenvalue weighted by molar-refractivity contribution is 5.92. The Morgan fingerprint density at radius 2 is 2.42 bits per heavy atom. The average Bonchev–Trinajstić information content (AvgIpc) is 2.86. The monoisotopic (exact) mass is 265 g/mol. The Kier molecular flexibility index (Phi) is 4.51. The lowest BCUT2D eigenvalue weighted by atomic mass is 9.99. The molecule has 0 saturated carbocycles. The van der Waals surface area contributed by atoms with Crippen molar-refractivity contribution in [2.24, 2.45) is 5.92 Å². The van der Waals surface area contributed by atoms with Crippen LogP contribution in [0.5, 0.6) is 0 Å². The Morgan fingerprint density at radius 3 is 3.11 bits per heavy atom. The van der Waals surface area contributed by atoms with Crippen molar-refractivity contribution in [2.45, 2.75) is 19.4 Å². The van der Waals surface area contributed by atoms with Gasteiger partial charge in [-0.1, -0.05) is 0 Å². The molecule has 104 valence electrons. The third-order valence-electron chi connectivity index (χ3n) is 3.15. The van der Waals surface area contributed by atoms with Crippen LogP contribution in [-0.2, 0) is 16.1 Å². The van der Waals surface area contributed by atoms with Gasteiger partial charge in [0.25, 0.3) is 0 Å². The smallest absolute Gasteiger partial charge is 0.241 e. The van der Waals surface area contributed by atoms with Crippen molar-refractivity contribution in [1.82, 2.24) is 20.4 Å². The Morgan fingerprint density at radius 1 is 1.58 bits per heavy atom. The van der Waals surface area contributed by atoms with Crippen LogP contribution in [0.25, 0.3) is 0 Å². The van der Waals surface area contributed by atoms with Gasteiger partial charge in [-0.25, -0.2) is 0 Å². The van der Waals surface area contributed by atoms with Gasteiger partial charge in [0.1, 0.15) is 6.54 Å². The summed E-state index contributed by atoms with van der Waals surface area (Å²) in [6.07, 6.45) is 5.14. The van der Waals surface area contributed by atoms with Crippen molar-refractivity contribution in [3.8, 4) is 0 Å². The van der Waals surface area contributed by atoms with Gasteiger partial charge in [0, 0.05) is 19.8 Å². The number of rotatable bonds is 4. The largest absolute Gasteiger partial charge is 0.358 e. The maximum absolute atomic E-state index is 12.0. The highest BCUT2D eigenvalue weighted by Gasteiger charge is 2.21. The minimum Gasteiger partial charge on any atom is -0.358 e. The van der Waals surface area contributed by atoms with Gasteiger partial charge in [0.2, 0.25) is 11.8 Å². The molecule has 1 aliphatic heterocycles. The highest BCUT2D eigenvalue weighted by Crippen LogP contribution is 2.13. The number of aromatic nitrogens is 2. The van der Waals surface area contributed by atoms with Gasteiger partial charge < -0.3 is 16.0 Å². The third kappa shape index (κ3) is 3.78. The molecule has 0 spiro atoms. The second-order valence-electron chi connectivity index (χ2n) is 4.63. The van der Waals surface area contributed by atoms with Crippen LogP contribution >= 0.6 is 0 Å². The van der Waals surface area contributed by atoms with Crippen LogP contribution in [0.3, 0.4) is 0 Å². The molecule has 0 radical (unpaired) electrons. The van der Waals surface area contributed by atoms with Crippen LogP contribution in [0.2, 0.25) is 0 Å². The second-order valence-corrected chi connectivity index (χ2v) is 4.63. The second kappa shape index (κ2) is 6.33. The van der Waals surface area contributed by atoms with E-state index in [0.717, 1.165) is 25.9 Å². The fourth-order valence-corrected chi connectivity index (χ4v) is 2.06. The number of hydrogen-bond donors (Lipinski definition) is 3. The third-order valence-corrected chi connectivity index (χ3v) is 3.15. The van der Waals surface area contributed by atoms with Crippen LogP contribution in [0.4, 0.5) is 5.69 Å². The van der Waals surface area contributed by atoms with Crippen molar-refractivity contribution in [3.63, 3.8) is 0 Å². The van der Waals surface area contributed by atoms with Gasteiger partial charge >= 0.3 is 0 Å². The number of nitrogens with one attached hydrogen (secondary N) is 3. The first-order valence-corrected chi connectivity index (χ1v) is 6.43. The lowest BCUT2D eigenvalue weighted by molar-refractivity contribution is -0.121. The average molecular weight is 265 g/mol. The minimum absolute atomic E-state index is 0.00620. The topological polar surface area (TPSA) is 88.0 Å². The molecule has 1 aliphatic rings. The molecular formula is C12H19N5O2. The molecule has 1 fully saturated rings. The van der Waals surface area contributed by atoms with E-state index in [9.17, 15) is 9.59 Å². The van der Waals surface area contributed by atoms with E-state index in [4.69, 9.17) is 0 Å². The quantitative estimate of drug-likeness (QED) is 0.689. The molecule has 1 atom stereocenters. The molecule has 1 saturated heterocycles. The maximum Gasteiger partial charge on any atom is 0.241 e. The minimum atomic E-state index is -0.127. The first-order chi connectivity index (χ1) is 9.19. The first-order valence-electron chi connectivity index (χ1n) is 6.43. The van der Waals surface area contributed by atoms with Crippen molar-refractivity contribution in [2.75, 3.05) is 25.5 Å². The molecule has 1 aromatic rings. The van der Waals surface area contributed by atoms with Crippen LogP contribution in [0.15, 0.2) is 12.4 Å². The van der Waals surface area contributed by atoms with Gasteiger partial charge in [0.05, 0.1) is 17.8 Å². The zero-order chi connectivity index (χ0) is 13.7. The van der Waals surface area contributed by atoms with Crippen molar-refractivity contribution >= 4 is 17.5 Å². The molecule has 2 rings (SSSR count). The van der Waals surface area contributed by atoms with E-state index in [1.807, 2.05) is 0 Å². The molecule has 0 aromatic carbocycles. The molecule has 0 aliphatic carbocycles. The zero-order valence-electron chi connectivity index (χ0n) is 11.0. The first kappa shape index (κ1) is 13.5. The van der Waals surface area contributed by atoms with Crippen molar-refractivity contribution in [3.05, 3.63) is 12.4 Å². The molecule has 1 aromatic heterocycles. The molecule has 2 heterocycles. The van der Waals surface area contributed by atoms with Gasteiger partial charge in [-0.3, -0.25) is 14.3 Å². The number of likely N-dealkylation sites (N-methyl/N-ethyl adjacent to an activating group) is 1. The number of carbonyl (C=O) groups is 2. The summed E-state index contributed by atoms with van der Waals surface area (Å²) in [7, 11) is 1.57. The predicted octanol–water partition coefficient (Wildman–Crippen LogP) is -0.433. The summed E-state index contributed by atoms with van der Waals surface area (Å²) >= 11 is 0. The summed E-state index contributed by atoms with van der Waals surface area (Å²) in [5.74, 6) is -0.111. The van der Waals surface area contributed by atoms with E-state index in [2.05, 4.69) is 21.0 Å². The number of nitrogens with zero attached hydrogens (tertiary/aromatic N) is 2. The molecule has 7 nitrogen and oxygen atoms in total. The molecule has 3 N–H and O–H groups in total. The lowest BCUT2D eigenvalue weighted by Crippen LogP contribution is -2.37. The van der Waals surface area contributed by atoms with Crippen LogP contribution < -0.4 is 16.0 Å². The highest BCUT2D eigenvalue weighted by atomic mass is 16.2. The summed E-state index contributed by atoms with van der Waals surface area (Å²) in [4.78, 5) is 23.2. The summed E-state index contributed by atoms with van der Waals surface area (Å²) < 4.78 is 1.49. The maximum atomic E-state index is 12.0. The standard InChI is InChI=1S/C12H19N5O2/c1-13-11(18)8-17-7-10(6-15-17)16-12(19)9-3-2-4-14-5-9/h6-7,9,14H,2-5,8H2,1H3,(H,13,18)(H,16,19). The Balaban J connectivity index is 1.88. The number of amides is 2. The fourth-order valence-electron chi connectivity index (χ4n) is 2.06. The van der Waals surface area contributed by atoms with Crippen molar-refractivity contribution < 1.29 is 9.59 Å². The SMILES string of the molecule is CNC(=O)Cn1cc(NC(=O)C2CCCNC2)cn1. The number of hydrogen-bond acceptors (Lipinski definition) is 4. The van der Waals surface area contributed by atoms with Crippen molar-refractivity contribution in [1.29, 1.82) is 0 Å². The number of piperidine rings is 1. The summed E-state index contributed by atoms with van der Waals surface area (Å²) in [5.41, 5.74) is 0.625. The molecular weight excluding hydrogens is 246 g/mol. The van der Waals surface area contributed by atoms with Gasteiger partial charge in [0.15, 0.2) is 0 Å². The molecule has 19 heavy (non-hydrogen) atoms. The zero-order valence-corrected chi connectivity index (χ0v) is 11.0. The fraction of sp³-hybridized carbons (Fsp3) is 0.583. The van der Waals surface area contributed by atoms with Gasteiger partial charge in [-0.15, -0.1) is 0 Å². The van der Waals surface area contributed by atoms with Gasteiger partial charge in [-0.05, 0) is 19.4 Å². The van der Waals surface area contributed by atoms with E-state index in [1.165, 1.54) is 4.68 Å². The van der Waals surface area contributed by atoms with E-state index >= 15 is 0 Å². The Hall–Kier alpha value is -1.89. The van der Waals surface area contributed by atoms with Gasteiger partial charge in [-0.2, -0.15) is 5.10 Å². The molecule has 0 bridgehead atoms. The van der Waals surface area contributed by atoms with E-state index in [1.54, 1.807) is 19.4 Å². The van der Waals surface area contributed by atoms with E-state index in [0.29, 0.717) is 5.69 Å². The lowest BCUT2D eigenvalue weighted by Gasteiger charge is -2.21. The predicted molar refractivity (Wildman–Crippen MR) is 70.5 cm³/mol. The van der Waals surface area contributed by atoms with Crippen LogP contribution in [-0.4, -0.2) is 41.7 Å². The summed E-state index contributed by atoms with van der Waals surface area (Å²) in [6, 6.07) is 0. The van der Waals surface area contributed by atoms with E-state index < -0.39 is 0 Å². The molecule has 1 unspecified atom stereocenters. The Bertz CT molecular complexity index is 451. The summed E-state index contributed by atoms with van der Waals surface area (Å²) in [6.45, 7) is 1.85. The molecule has 7 heteroatoms. The number of carbonyl (C=O) groups excluding carboxylic acids is 2. The Labute approximate surface area is 111 Å².